The van der Waals surface area contributed by atoms with E-state index in [4.69, 9.17) is 0 Å². The van der Waals surface area contributed by atoms with Crippen LogP contribution in [0.2, 0.25) is 0 Å². The lowest BCUT2D eigenvalue weighted by molar-refractivity contribution is -0.117. The molecule has 1 fully saturated rings. The van der Waals surface area contributed by atoms with Crippen LogP contribution in [0.5, 0.6) is 0 Å². The molecule has 156 valence electrons. The number of hydrogen-bond donors (Lipinski definition) is 2. The highest BCUT2D eigenvalue weighted by molar-refractivity contribution is 5.93. The van der Waals surface area contributed by atoms with Gasteiger partial charge in [0.2, 0.25) is 5.91 Å². The fourth-order valence-electron chi connectivity index (χ4n) is 5.03. The Morgan fingerprint density at radius 2 is 2.10 bits per heavy atom. The number of aliphatic hydroxyl groups is 1. The molecule has 1 heterocycles. The van der Waals surface area contributed by atoms with Gasteiger partial charge in [-0.05, 0) is 60.5 Å². The quantitative estimate of drug-likeness (QED) is 0.445. The van der Waals surface area contributed by atoms with E-state index in [1.54, 1.807) is 12.4 Å². The molecule has 0 spiro atoms. The summed E-state index contributed by atoms with van der Waals surface area (Å²) >= 11 is 0. The summed E-state index contributed by atoms with van der Waals surface area (Å²) in [6, 6.07) is 3.81. The van der Waals surface area contributed by atoms with E-state index >= 15 is 0 Å². The van der Waals surface area contributed by atoms with Crippen LogP contribution >= 0.6 is 0 Å². The highest BCUT2D eigenvalue weighted by atomic mass is 16.3. The number of nitrogens with one attached hydrogen (secondary N) is 1. The van der Waals surface area contributed by atoms with Crippen molar-refractivity contribution in [1.82, 2.24) is 10.3 Å². The number of hydrogen-bond acceptors (Lipinski definition) is 3. The molecule has 0 aliphatic heterocycles. The molecule has 1 amide bonds. The molecule has 29 heavy (non-hydrogen) atoms. The second kappa shape index (κ2) is 9.53. The molecule has 2 aliphatic carbocycles. The number of fused-ring (bicyclic) bond motifs is 1. The molecule has 7 atom stereocenters. The zero-order chi connectivity index (χ0) is 21.0. The maximum Gasteiger partial charge on any atom is 0.247 e. The van der Waals surface area contributed by atoms with E-state index in [9.17, 15) is 9.90 Å². The first-order chi connectivity index (χ1) is 13.9. The number of rotatable bonds is 5. The van der Waals surface area contributed by atoms with Crippen molar-refractivity contribution in [3.05, 3.63) is 66.0 Å². The molecule has 0 bridgehead atoms. The van der Waals surface area contributed by atoms with Crippen LogP contribution in [0.3, 0.4) is 0 Å². The van der Waals surface area contributed by atoms with Gasteiger partial charge in [-0.15, -0.1) is 0 Å². The largest absolute Gasteiger partial charge is 0.393 e. The Labute approximate surface area is 174 Å². The first-order valence-corrected chi connectivity index (χ1v) is 10.8. The topological polar surface area (TPSA) is 62.2 Å². The first-order valence-electron chi connectivity index (χ1n) is 10.8. The van der Waals surface area contributed by atoms with Crippen molar-refractivity contribution in [3.8, 4) is 0 Å². The summed E-state index contributed by atoms with van der Waals surface area (Å²) in [6.45, 7) is 8.91. The van der Waals surface area contributed by atoms with Crippen LogP contribution in [0, 0.1) is 35.5 Å². The Balaban J connectivity index is 1.64. The minimum absolute atomic E-state index is 0.0664. The molecular weight excluding hydrogens is 360 g/mol. The molecule has 0 aromatic carbocycles. The molecule has 4 nitrogen and oxygen atoms in total. The van der Waals surface area contributed by atoms with E-state index in [0.717, 1.165) is 12.0 Å². The van der Waals surface area contributed by atoms with Crippen LogP contribution < -0.4 is 5.32 Å². The second-order valence-corrected chi connectivity index (χ2v) is 8.90. The minimum atomic E-state index is -0.235. The number of pyridine rings is 1. The lowest BCUT2D eigenvalue weighted by Gasteiger charge is -2.48. The molecule has 1 aromatic heterocycles. The van der Waals surface area contributed by atoms with Gasteiger partial charge >= 0.3 is 0 Å². The average Bonchev–Trinajstić information content (AvgIpc) is 2.72. The molecule has 3 rings (SSSR count). The zero-order valence-electron chi connectivity index (χ0n) is 18.0. The Hall–Kier alpha value is -2.20. The van der Waals surface area contributed by atoms with Gasteiger partial charge in [0.15, 0.2) is 0 Å². The van der Waals surface area contributed by atoms with Crippen LogP contribution in [0.4, 0.5) is 0 Å². The highest BCUT2D eigenvalue weighted by Crippen LogP contribution is 2.48. The van der Waals surface area contributed by atoms with E-state index in [-0.39, 0.29) is 17.9 Å². The third kappa shape index (κ3) is 5.05. The van der Waals surface area contributed by atoms with Gasteiger partial charge < -0.3 is 10.4 Å². The van der Waals surface area contributed by atoms with Gasteiger partial charge in [0.05, 0.1) is 6.10 Å². The maximum absolute atomic E-state index is 12.3. The molecule has 1 saturated carbocycles. The number of nitrogens with zero attached hydrogens (tertiary/aromatic N) is 1. The van der Waals surface area contributed by atoms with Gasteiger partial charge in [0.1, 0.15) is 0 Å². The smallest absolute Gasteiger partial charge is 0.247 e. The number of carbonyl (C=O) groups excluding carboxylic acids is 1. The Morgan fingerprint density at radius 1 is 1.31 bits per heavy atom. The lowest BCUT2D eigenvalue weighted by atomic mass is 9.58. The fraction of sp³-hybridized carbons (Fsp3) is 0.520. The number of amides is 1. The monoisotopic (exact) mass is 394 g/mol. The third-order valence-electron chi connectivity index (χ3n) is 6.79. The van der Waals surface area contributed by atoms with Gasteiger partial charge in [-0.3, -0.25) is 9.78 Å². The van der Waals surface area contributed by atoms with Crippen molar-refractivity contribution in [2.45, 2.75) is 46.8 Å². The summed E-state index contributed by atoms with van der Waals surface area (Å²) in [5, 5.41) is 13.5. The van der Waals surface area contributed by atoms with Gasteiger partial charge in [-0.25, -0.2) is 0 Å². The summed E-state index contributed by atoms with van der Waals surface area (Å²) in [4.78, 5) is 16.4. The zero-order valence-corrected chi connectivity index (χ0v) is 18.0. The van der Waals surface area contributed by atoms with Crippen LogP contribution in [0.25, 0.3) is 0 Å². The van der Waals surface area contributed by atoms with Crippen molar-refractivity contribution in [2.75, 3.05) is 0 Å². The standard InChI is InChI=1S/C25H34N2O2/c1-16-10-11-21-13-18(3)24(28)19(4)23(21)22(16)9-5-7-17(2)25(29)27-15-20-8-6-12-26-14-20/h5-12,14,16,18-19,21-24,28H,13,15H2,1-4H3,(H,27,29)/b9-5+,17-7+/t16-,18+,19?,21?,22-,23?,24-/m0/s1. The summed E-state index contributed by atoms with van der Waals surface area (Å²) < 4.78 is 0. The summed E-state index contributed by atoms with van der Waals surface area (Å²) in [7, 11) is 0. The van der Waals surface area contributed by atoms with Gasteiger partial charge in [0.25, 0.3) is 0 Å². The van der Waals surface area contributed by atoms with Gasteiger partial charge in [-0.2, -0.15) is 0 Å². The molecular formula is C25H34N2O2. The van der Waals surface area contributed by atoms with Crippen molar-refractivity contribution < 1.29 is 9.90 Å². The predicted octanol–water partition coefficient (Wildman–Crippen LogP) is 4.29. The first kappa shape index (κ1) is 21.5. The predicted molar refractivity (Wildman–Crippen MR) is 117 cm³/mol. The number of aliphatic hydroxyl groups excluding tert-OH is 1. The van der Waals surface area contributed by atoms with Crippen molar-refractivity contribution in [1.29, 1.82) is 0 Å². The SMILES string of the molecule is C/C(=C\C=C\[C@@H]1C2C(C=C[C@@H]1C)C[C@@H](C)[C@H](O)C2C)C(=O)NCc1cccnc1. The normalized spacial score (nSPS) is 34.8. The number of aromatic nitrogens is 1. The summed E-state index contributed by atoms with van der Waals surface area (Å²) in [5.41, 5.74) is 1.67. The molecule has 0 radical (unpaired) electrons. The molecule has 2 aliphatic rings. The minimum Gasteiger partial charge on any atom is -0.393 e. The van der Waals surface area contributed by atoms with E-state index < -0.39 is 0 Å². The van der Waals surface area contributed by atoms with E-state index in [0.29, 0.717) is 41.7 Å². The molecule has 3 unspecified atom stereocenters. The summed E-state index contributed by atoms with van der Waals surface area (Å²) in [6.07, 6.45) is 15.1. The van der Waals surface area contributed by atoms with Crippen LogP contribution in [-0.2, 0) is 11.3 Å². The third-order valence-corrected chi connectivity index (χ3v) is 6.79. The average molecular weight is 395 g/mol. The molecule has 1 aromatic rings. The Kier molecular flexibility index (Phi) is 7.07. The van der Waals surface area contributed by atoms with Crippen LogP contribution in [0.1, 0.15) is 39.7 Å². The second-order valence-electron chi connectivity index (χ2n) is 8.90. The van der Waals surface area contributed by atoms with Crippen LogP contribution in [0.15, 0.2) is 60.5 Å². The Morgan fingerprint density at radius 3 is 2.83 bits per heavy atom. The fourth-order valence-corrected chi connectivity index (χ4v) is 5.03. The molecule has 0 saturated heterocycles. The Bertz CT molecular complexity index is 783. The van der Waals surface area contributed by atoms with E-state index in [1.165, 1.54) is 0 Å². The number of carbonyl (C=O) groups is 1. The number of allylic oxidation sites excluding steroid dienone is 5. The molecule has 4 heteroatoms. The van der Waals surface area contributed by atoms with E-state index in [1.807, 2.05) is 31.2 Å². The van der Waals surface area contributed by atoms with Crippen molar-refractivity contribution in [2.24, 2.45) is 35.5 Å². The maximum atomic E-state index is 12.3. The van der Waals surface area contributed by atoms with Gasteiger partial charge in [0, 0.05) is 24.5 Å². The van der Waals surface area contributed by atoms with E-state index in [2.05, 4.69) is 49.3 Å². The van der Waals surface area contributed by atoms with Gasteiger partial charge in [-0.1, -0.05) is 57.2 Å². The summed E-state index contributed by atoms with van der Waals surface area (Å²) in [5.74, 6) is 2.35. The van der Waals surface area contributed by atoms with Crippen molar-refractivity contribution >= 4 is 5.91 Å². The lowest BCUT2D eigenvalue weighted by Crippen LogP contribution is -2.46. The van der Waals surface area contributed by atoms with Crippen LogP contribution in [-0.4, -0.2) is 22.1 Å². The highest BCUT2D eigenvalue weighted by Gasteiger charge is 2.44. The molecule has 2 N–H and O–H groups in total. The van der Waals surface area contributed by atoms with Crippen molar-refractivity contribution in [3.63, 3.8) is 0 Å².